The molecule has 0 bridgehead atoms. The van der Waals surface area contributed by atoms with Crippen LogP contribution in [-0.4, -0.2) is 24.6 Å². The van der Waals surface area contributed by atoms with Gasteiger partial charge in [-0.3, -0.25) is 0 Å². The molecule has 1 aromatic rings. The molecule has 1 aromatic heterocycles. The molecule has 0 amide bonds. The van der Waals surface area contributed by atoms with Crippen LogP contribution in [0.3, 0.4) is 0 Å². The highest BCUT2D eigenvalue weighted by molar-refractivity contribution is 6.29. The van der Waals surface area contributed by atoms with Gasteiger partial charge in [0.05, 0.1) is 0 Å². The zero-order valence-corrected chi connectivity index (χ0v) is 8.93. The van der Waals surface area contributed by atoms with Crippen LogP contribution in [0.25, 0.3) is 0 Å². The highest BCUT2D eigenvalue weighted by Gasteiger charge is 1.93. The summed E-state index contributed by atoms with van der Waals surface area (Å²) in [6, 6.07) is 3.82. The van der Waals surface area contributed by atoms with E-state index in [4.69, 9.17) is 17.3 Å². The van der Waals surface area contributed by atoms with E-state index < -0.39 is 0 Å². The van der Waals surface area contributed by atoms with Crippen LogP contribution < -0.4 is 11.1 Å². The van der Waals surface area contributed by atoms with E-state index in [0.29, 0.717) is 5.15 Å². The fourth-order valence-electron chi connectivity index (χ4n) is 1.14. The maximum absolute atomic E-state index is 5.67. The lowest BCUT2D eigenvalue weighted by Gasteiger charge is -2.03. The van der Waals surface area contributed by atoms with E-state index in [1.807, 2.05) is 18.3 Å². The second-order valence-electron chi connectivity index (χ2n) is 3.13. The third-order valence-electron chi connectivity index (χ3n) is 1.94. The molecule has 1 rings (SSSR count). The summed E-state index contributed by atoms with van der Waals surface area (Å²) in [4.78, 5) is 4.01. The van der Waals surface area contributed by atoms with Crippen molar-refractivity contribution in [1.82, 2.24) is 10.3 Å². The minimum Gasteiger partial charge on any atom is -0.330 e. The first-order valence-electron chi connectivity index (χ1n) is 4.84. The molecule has 0 unspecified atom stereocenters. The molecule has 3 N–H and O–H groups in total. The first-order valence-corrected chi connectivity index (χ1v) is 5.22. The molecular formula is C10H16ClN3. The number of nitrogens with zero attached hydrogens (tertiary/aromatic N) is 1. The van der Waals surface area contributed by atoms with Crippen LogP contribution in [0.1, 0.15) is 12.0 Å². The minimum atomic E-state index is 0.546. The van der Waals surface area contributed by atoms with Gasteiger partial charge in [0.15, 0.2) is 0 Å². The van der Waals surface area contributed by atoms with Crippen LogP contribution in [-0.2, 0) is 6.42 Å². The molecule has 0 saturated carbocycles. The third-order valence-corrected chi connectivity index (χ3v) is 2.16. The average Bonchev–Trinajstić information content (AvgIpc) is 2.21. The highest BCUT2D eigenvalue weighted by atomic mass is 35.5. The topological polar surface area (TPSA) is 50.9 Å². The summed E-state index contributed by atoms with van der Waals surface area (Å²) in [6.07, 6.45) is 3.82. The van der Waals surface area contributed by atoms with Gasteiger partial charge in [-0.25, -0.2) is 4.98 Å². The van der Waals surface area contributed by atoms with Gasteiger partial charge >= 0.3 is 0 Å². The maximum atomic E-state index is 5.67. The molecule has 0 aliphatic rings. The smallest absolute Gasteiger partial charge is 0.129 e. The van der Waals surface area contributed by atoms with Gasteiger partial charge in [0.2, 0.25) is 0 Å². The maximum Gasteiger partial charge on any atom is 0.129 e. The van der Waals surface area contributed by atoms with Crippen molar-refractivity contribution in [2.45, 2.75) is 12.8 Å². The van der Waals surface area contributed by atoms with Crippen molar-refractivity contribution >= 4 is 11.6 Å². The Morgan fingerprint density at radius 1 is 1.36 bits per heavy atom. The molecule has 14 heavy (non-hydrogen) atoms. The molecule has 0 fully saturated rings. The predicted molar refractivity (Wildman–Crippen MR) is 59.5 cm³/mol. The summed E-state index contributed by atoms with van der Waals surface area (Å²) in [5.74, 6) is 0. The minimum absolute atomic E-state index is 0.546. The number of nitrogens with two attached hydrogens (primary N) is 1. The number of hydrogen-bond donors (Lipinski definition) is 2. The molecule has 4 heteroatoms. The Morgan fingerprint density at radius 3 is 2.86 bits per heavy atom. The van der Waals surface area contributed by atoms with Crippen molar-refractivity contribution in [3.63, 3.8) is 0 Å². The fourth-order valence-corrected chi connectivity index (χ4v) is 1.25. The fraction of sp³-hybridized carbons (Fsp3) is 0.500. The summed E-state index contributed by atoms with van der Waals surface area (Å²) in [5, 5.41) is 3.85. The van der Waals surface area contributed by atoms with Crippen molar-refractivity contribution in [3.05, 3.63) is 29.0 Å². The second kappa shape index (κ2) is 6.76. The largest absolute Gasteiger partial charge is 0.330 e. The van der Waals surface area contributed by atoms with E-state index in [1.54, 1.807) is 0 Å². The Labute approximate surface area is 89.7 Å². The monoisotopic (exact) mass is 213 g/mol. The second-order valence-corrected chi connectivity index (χ2v) is 3.52. The van der Waals surface area contributed by atoms with Crippen LogP contribution in [0.15, 0.2) is 18.3 Å². The van der Waals surface area contributed by atoms with E-state index in [2.05, 4.69) is 10.3 Å². The molecule has 3 nitrogen and oxygen atoms in total. The predicted octanol–water partition coefficient (Wildman–Crippen LogP) is 1.22. The molecule has 0 aliphatic carbocycles. The number of aromatic nitrogens is 1. The van der Waals surface area contributed by atoms with Crippen molar-refractivity contribution in [3.8, 4) is 0 Å². The Bertz CT molecular complexity index is 248. The Morgan fingerprint density at radius 2 is 2.21 bits per heavy atom. The van der Waals surface area contributed by atoms with E-state index >= 15 is 0 Å². The first kappa shape index (κ1) is 11.4. The van der Waals surface area contributed by atoms with Crippen molar-refractivity contribution in [2.24, 2.45) is 5.73 Å². The van der Waals surface area contributed by atoms with Crippen LogP contribution in [0.5, 0.6) is 0 Å². The summed E-state index contributed by atoms with van der Waals surface area (Å²) >= 11 is 5.67. The van der Waals surface area contributed by atoms with Gasteiger partial charge in [0.25, 0.3) is 0 Å². The number of hydrogen-bond acceptors (Lipinski definition) is 3. The number of nitrogens with one attached hydrogen (secondary N) is 1. The average molecular weight is 214 g/mol. The standard InChI is InChI=1S/C10H16ClN3/c11-10-3-2-9(8-14-10)4-7-13-6-1-5-12/h2-3,8,13H,1,4-7,12H2. The van der Waals surface area contributed by atoms with E-state index in [1.165, 1.54) is 5.56 Å². The number of rotatable bonds is 6. The molecule has 0 saturated heterocycles. The SMILES string of the molecule is NCCCNCCc1ccc(Cl)nc1. The summed E-state index contributed by atoms with van der Waals surface area (Å²) in [6.45, 7) is 2.69. The molecule has 0 aromatic carbocycles. The molecular weight excluding hydrogens is 198 g/mol. The van der Waals surface area contributed by atoms with E-state index in [9.17, 15) is 0 Å². The van der Waals surface area contributed by atoms with Gasteiger partial charge < -0.3 is 11.1 Å². The Hall–Kier alpha value is -0.640. The molecule has 78 valence electrons. The first-order chi connectivity index (χ1) is 6.83. The van der Waals surface area contributed by atoms with Gasteiger partial charge in [0.1, 0.15) is 5.15 Å². The van der Waals surface area contributed by atoms with Crippen molar-refractivity contribution in [2.75, 3.05) is 19.6 Å². The number of halogens is 1. The Kier molecular flexibility index (Phi) is 5.52. The van der Waals surface area contributed by atoms with Gasteiger partial charge in [-0.05, 0) is 44.1 Å². The Balaban J connectivity index is 2.15. The van der Waals surface area contributed by atoms with Gasteiger partial charge in [-0.2, -0.15) is 0 Å². The molecule has 0 spiro atoms. The number of pyridine rings is 1. The van der Waals surface area contributed by atoms with Gasteiger partial charge in [-0.1, -0.05) is 17.7 Å². The van der Waals surface area contributed by atoms with Crippen LogP contribution in [0, 0.1) is 0 Å². The van der Waals surface area contributed by atoms with E-state index in [0.717, 1.165) is 32.5 Å². The third kappa shape index (κ3) is 4.56. The summed E-state index contributed by atoms with van der Waals surface area (Å²) in [5.41, 5.74) is 6.58. The quantitative estimate of drug-likeness (QED) is 0.552. The van der Waals surface area contributed by atoms with Crippen LogP contribution in [0.2, 0.25) is 5.15 Å². The summed E-state index contributed by atoms with van der Waals surface area (Å²) < 4.78 is 0. The van der Waals surface area contributed by atoms with Gasteiger partial charge in [-0.15, -0.1) is 0 Å². The van der Waals surface area contributed by atoms with Crippen LogP contribution in [0.4, 0.5) is 0 Å². The van der Waals surface area contributed by atoms with Crippen molar-refractivity contribution in [1.29, 1.82) is 0 Å². The molecule has 0 radical (unpaired) electrons. The lowest BCUT2D eigenvalue weighted by atomic mass is 10.2. The van der Waals surface area contributed by atoms with Crippen molar-refractivity contribution < 1.29 is 0 Å². The molecule has 0 aliphatic heterocycles. The van der Waals surface area contributed by atoms with Crippen LogP contribution >= 0.6 is 11.6 Å². The lowest BCUT2D eigenvalue weighted by molar-refractivity contribution is 0.652. The summed E-state index contributed by atoms with van der Waals surface area (Å²) in [7, 11) is 0. The van der Waals surface area contributed by atoms with E-state index in [-0.39, 0.29) is 0 Å². The normalized spacial score (nSPS) is 10.4. The zero-order valence-electron chi connectivity index (χ0n) is 8.17. The van der Waals surface area contributed by atoms with Gasteiger partial charge in [0, 0.05) is 6.20 Å². The lowest BCUT2D eigenvalue weighted by Crippen LogP contribution is -2.20. The zero-order chi connectivity index (χ0) is 10.2. The molecule has 1 heterocycles. The highest BCUT2D eigenvalue weighted by Crippen LogP contribution is 2.05. The molecule has 0 atom stereocenters.